The summed E-state index contributed by atoms with van der Waals surface area (Å²) in [4.78, 5) is 12.5. The predicted octanol–water partition coefficient (Wildman–Crippen LogP) is 2.03. The molecule has 0 unspecified atom stereocenters. The van der Waals surface area contributed by atoms with E-state index in [0.29, 0.717) is 16.9 Å². The highest BCUT2D eigenvalue weighted by Crippen LogP contribution is 2.14. The summed E-state index contributed by atoms with van der Waals surface area (Å²) in [6.07, 6.45) is 1.42. The van der Waals surface area contributed by atoms with Crippen molar-refractivity contribution >= 4 is 15.9 Å². The molecule has 2 aromatic carbocycles. The van der Waals surface area contributed by atoms with Gasteiger partial charge in [-0.15, -0.1) is 0 Å². The van der Waals surface area contributed by atoms with Crippen LogP contribution in [0.15, 0.2) is 65.7 Å². The van der Waals surface area contributed by atoms with Crippen LogP contribution in [0.4, 0.5) is 4.39 Å². The van der Waals surface area contributed by atoms with E-state index in [-0.39, 0.29) is 29.7 Å². The lowest BCUT2D eigenvalue weighted by Crippen LogP contribution is -2.34. The van der Waals surface area contributed by atoms with Crippen LogP contribution in [-0.2, 0) is 10.0 Å². The molecule has 0 atom stereocenters. The molecule has 3 rings (SSSR count). The Bertz CT molecular complexity index is 1060. The summed E-state index contributed by atoms with van der Waals surface area (Å²) < 4.78 is 41.3. The number of aromatic nitrogens is 2. The summed E-state index contributed by atoms with van der Waals surface area (Å²) >= 11 is 0. The summed E-state index contributed by atoms with van der Waals surface area (Å²) in [5, 5.41) is 6.82. The Morgan fingerprint density at radius 2 is 1.75 bits per heavy atom. The zero-order chi connectivity index (χ0) is 20.1. The van der Waals surface area contributed by atoms with Crippen molar-refractivity contribution in [3.63, 3.8) is 0 Å². The molecule has 9 heteroatoms. The zero-order valence-electron chi connectivity index (χ0n) is 15.1. The first-order valence-electron chi connectivity index (χ1n) is 8.52. The van der Waals surface area contributed by atoms with Gasteiger partial charge in [-0.1, -0.05) is 18.2 Å². The van der Waals surface area contributed by atoms with Crippen molar-refractivity contribution in [1.29, 1.82) is 0 Å². The van der Waals surface area contributed by atoms with Crippen LogP contribution in [-0.4, -0.2) is 37.2 Å². The summed E-state index contributed by atoms with van der Waals surface area (Å²) in [5.74, 6) is -0.728. The monoisotopic (exact) mass is 402 g/mol. The summed E-state index contributed by atoms with van der Waals surface area (Å²) in [6.45, 7) is 1.89. The molecule has 3 aromatic rings. The molecule has 0 saturated heterocycles. The van der Waals surface area contributed by atoms with Gasteiger partial charge in [0.25, 0.3) is 5.91 Å². The highest BCUT2D eigenvalue weighted by atomic mass is 32.2. The molecule has 0 saturated carbocycles. The maximum atomic E-state index is 13.1. The standard InChI is InChI=1S/C19H19FN4O3S/c1-14-18(13-22-24(14)16-9-7-15(20)8-10-16)19(25)21-11-12-23-28(26,27)17-5-3-2-4-6-17/h2-10,13,23H,11-12H2,1H3,(H,21,25). The van der Waals surface area contributed by atoms with Crippen LogP contribution >= 0.6 is 0 Å². The predicted molar refractivity (Wildman–Crippen MR) is 102 cm³/mol. The van der Waals surface area contributed by atoms with Crippen LogP contribution in [0, 0.1) is 12.7 Å². The number of carbonyl (C=O) groups excluding carboxylic acids is 1. The molecule has 1 heterocycles. The summed E-state index contributed by atoms with van der Waals surface area (Å²) in [6, 6.07) is 13.8. The molecule has 0 spiro atoms. The van der Waals surface area contributed by atoms with Crippen LogP contribution in [0.1, 0.15) is 16.1 Å². The van der Waals surface area contributed by atoms with Gasteiger partial charge in [0.1, 0.15) is 5.82 Å². The Kier molecular flexibility index (Phi) is 5.86. The van der Waals surface area contributed by atoms with Gasteiger partial charge >= 0.3 is 0 Å². The van der Waals surface area contributed by atoms with Gasteiger partial charge in [0.15, 0.2) is 0 Å². The lowest BCUT2D eigenvalue weighted by Gasteiger charge is -2.08. The Morgan fingerprint density at radius 3 is 2.43 bits per heavy atom. The molecular weight excluding hydrogens is 383 g/mol. The van der Waals surface area contributed by atoms with Crippen molar-refractivity contribution in [2.75, 3.05) is 13.1 Å². The molecule has 0 aliphatic carbocycles. The highest BCUT2D eigenvalue weighted by molar-refractivity contribution is 7.89. The average Bonchev–Trinajstić information content (AvgIpc) is 3.08. The van der Waals surface area contributed by atoms with Crippen LogP contribution < -0.4 is 10.0 Å². The summed E-state index contributed by atoms with van der Waals surface area (Å²) in [7, 11) is -3.61. The Balaban J connectivity index is 1.58. The number of carbonyl (C=O) groups is 1. The van der Waals surface area contributed by atoms with E-state index < -0.39 is 10.0 Å². The highest BCUT2D eigenvalue weighted by Gasteiger charge is 2.16. The fraction of sp³-hybridized carbons (Fsp3) is 0.158. The smallest absolute Gasteiger partial charge is 0.254 e. The number of nitrogens with zero attached hydrogens (tertiary/aromatic N) is 2. The Labute approximate surface area is 162 Å². The minimum atomic E-state index is -3.61. The number of rotatable bonds is 7. The normalized spacial score (nSPS) is 11.4. The fourth-order valence-electron chi connectivity index (χ4n) is 2.61. The van der Waals surface area contributed by atoms with Gasteiger partial charge in [-0.05, 0) is 43.3 Å². The van der Waals surface area contributed by atoms with Gasteiger partial charge in [0.05, 0.1) is 28.0 Å². The number of sulfonamides is 1. The topological polar surface area (TPSA) is 93.1 Å². The van der Waals surface area contributed by atoms with Crippen molar-refractivity contribution < 1.29 is 17.6 Å². The van der Waals surface area contributed by atoms with E-state index in [1.54, 1.807) is 37.3 Å². The van der Waals surface area contributed by atoms with Crippen molar-refractivity contribution in [3.8, 4) is 5.69 Å². The molecule has 0 bridgehead atoms. The minimum absolute atomic E-state index is 0.0497. The first kappa shape index (κ1) is 19.7. The Morgan fingerprint density at radius 1 is 1.07 bits per heavy atom. The maximum Gasteiger partial charge on any atom is 0.254 e. The third-order valence-corrected chi connectivity index (χ3v) is 5.56. The van der Waals surface area contributed by atoms with Gasteiger partial charge in [0.2, 0.25) is 10.0 Å². The SMILES string of the molecule is Cc1c(C(=O)NCCNS(=O)(=O)c2ccccc2)cnn1-c1ccc(F)cc1. The van der Waals surface area contributed by atoms with Crippen LogP contribution in [0.5, 0.6) is 0 Å². The van der Waals surface area contributed by atoms with Gasteiger partial charge in [-0.2, -0.15) is 5.10 Å². The zero-order valence-corrected chi connectivity index (χ0v) is 15.9. The number of benzene rings is 2. The van der Waals surface area contributed by atoms with E-state index >= 15 is 0 Å². The third kappa shape index (κ3) is 4.44. The molecule has 1 amide bonds. The lowest BCUT2D eigenvalue weighted by molar-refractivity contribution is 0.0953. The summed E-state index contributed by atoms with van der Waals surface area (Å²) in [5.41, 5.74) is 1.58. The van der Waals surface area contributed by atoms with Gasteiger partial charge in [-0.25, -0.2) is 22.2 Å². The molecule has 0 aliphatic rings. The fourth-order valence-corrected chi connectivity index (χ4v) is 3.67. The largest absolute Gasteiger partial charge is 0.351 e. The molecule has 2 N–H and O–H groups in total. The van der Waals surface area contributed by atoms with Crippen molar-refractivity contribution in [1.82, 2.24) is 19.8 Å². The molecule has 0 radical (unpaired) electrons. The quantitative estimate of drug-likeness (QED) is 0.592. The Hall–Kier alpha value is -3.04. The van der Waals surface area contributed by atoms with Crippen LogP contribution in [0.2, 0.25) is 0 Å². The second-order valence-corrected chi connectivity index (χ2v) is 7.77. The minimum Gasteiger partial charge on any atom is -0.351 e. The molecule has 0 fully saturated rings. The van der Waals surface area contributed by atoms with Crippen LogP contribution in [0.3, 0.4) is 0 Å². The number of hydrogen-bond acceptors (Lipinski definition) is 4. The van der Waals surface area contributed by atoms with E-state index in [1.807, 2.05) is 0 Å². The van der Waals surface area contributed by atoms with Gasteiger partial charge in [0, 0.05) is 13.1 Å². The molecule has 28 heavy (non-hydrogen) atoms. The molecular formula is C19H19FN4O3S. The van der Waals surface area contributed by atoms with Crippen LogP contribution in [0.25, 0.3) is 5.69 Å². The molecule has 7 nitrogen and oxygen atoms in total. The van der Waals surface area contributed by atoms with Crippen molar-refractivity contribution in [2.45, 2.75) is 11.8 Å². The average molecular weight is 402 g/mol. The number of hydrogen-bond donors (Lipinski definition) is 2. The maximum absolute atomic E-state index is 13.1. The van der Waals surface area contributed by atoms with Gasteiger partial charge in [-0.3, -0.25) is 4.79 Å². The van der Waals surface area contributed by atoms with E-state index in [0.717, 1.165) is 0 Å². The first-order chi connectivity index (χ1) is 13.4. The van der Waals surface area contributed by atoms with Crippen molar-refractivity contribution in [3.05, 3.63) is 77.9 Å². The molecule has 146 valence electrons. The second kappa shape index (κ2) is 8.32. The number of nitrogens with one attached hydrogen (secondary N) is 2. The van der Waals surface area contributed by atoms with Crippen molar-refractivity contribution in [2.24, 2.45) is 0 Å². The third-order valence-electron chi connectivity index (χ3n) is 4.08. The number of amides is 1. The van der Waals surface area contributed by atoms with E-state index in [2.05, 4.69) is 15.1 Å². The van der Waals surface area contributed by atoms with E-state index in [9.17, 15) is 17.6 Å². The van der Waals surface area contributed by atoms with E-state index in [1.165, 1.54) is 35.1 Å². The first-order valence-corrected chi connectivity index (χ1v) is 10.0. The van der Waals surface area contributed by atoms with Gasteiger partial charge < -0.3 is 5.32 Å². The number of halogens is 1. The molecule has 0 aliphatic heterocycles. The van der Waals surface area contributed by atoms with E-state index in [4.69, 9.17) is 0 Å². The second-order valence-electron chi connectivity index (χ2n) is 6.00. The molecule has 1 aromatic heterocycles. The lowest BCUT2D eigenvalue weighted by atomic mass is 10.2.